The van der Waals surface area contributed by atoms with Gasteiger partial charge in [-0.25, -0.2) is 5.43 Å². The third-order valence-electron chi connectivity index (χ3n) is 4.06. The first-order valence-corrected chi connectivity index (χ1v) is 8.74. The molecule has 1 fully saturated rings. The van der Waals surface area contributed by atoms with E-state index < -0.39 is 10.8 Å². The molecule has 0 bridgehead atoms. The SMILES string of the molecule is O=C(COc1ccccc1)N/N=C\c1ccc(N2CCOCC2)c([N+](=O)[O-])c1. The smallest absolute Gasteiger partial charge is 0.293 e. The Bertz CT molecular complexity index is 851. The molecule has 0 aliphatic carbocycles. The van der Waals surface area contributed by atoms with Crippen molar-refractivity contribution in [2.45, 2.75) is 0 Å². The lowest BCUT2D eigenvalue weighted by Crippen LogP contribution is -2.36. The zero-order valence-electron chi connectivity index (χ0n) is 15.1. The molecule has 0 aromatic heterocycles. The number of morpholine rings is 1. The minimum atomic E-state index is -0.431. The van der Waals surface area contributed by atoms with Gasteiger partial charge in [-0.1, -0.05) is 24.3 Å². The molecule has 1 saturated heterocycles. The van der Waals surface area contributed by atoms with E-state index in [2.05, 4.69) is 10.5 Å². The van der Waals surface area contributed by atoms with Gasteiger partial charge in [0.2, 0.25) is 0 Å². The first-order chi connectivity index (χ1) is 13.6. The van der Waals surface area contributed by atoms with Crippen molar-refractivity contribution in [2.24, 2.45) is 5.10 Å². The number of para-hydroxylation sites is 1. The number of amides is 1. The number of hydrogen-bond donors (Lipinski definition) is 1. The molecule has 1 N–H and O–H groups in total. The summed E-state index contributed by atoms with van der Waals surface area (Å²) < 4.78 is 10.6. The fraction of sp³-hybridized carbons (Fsp3) is 0.263. The highest BCUT2D eigenvalue weighted by Gasteiger charge is 2.21. The molecule has 2 aromatic rings. The number of hydrogen-bond acceptors (Lipinski definition) is 7. The van der Waals surface area contributed by atoms with Crippen LogP contribution in [0, 0.1) is 10.1 Å². The number of rotatable bonds is 7. The summed E-state index contributed by atoms with van der Waals surface area (Å²) in [5.74, 6) is 0.149. The highest BCUT2D eigenvalue weighted by atomic mass is 16.6. The zero-order valence-corrected chi connectivity index (χ0v) is 15.1. The van der Waals surface area contributed by atoms with Gasteiger partial charge in [0.25, 0.3) is 11.6 Å². The van der Waals surface area contributed by atoms with Gasteiger partial charge in [0, 0.05) is 24.7 Å². The van der Waals surface area contributed by atoms with Gasteiger partial charge in [0.1, 0.15) is 11.4 Å². The molecule has 9 heteroatoms. The minimum Gasteiger partial charge on any atom is -0.484 e. The van der Waals surface area contributed by atoms with Gasteiger partial charge in [0.15, 0.2) is 6.61 Å². The number of benzene rings is 2. The van der Waals surface area contributed by atoms with Crippen molar-refractivity contribution in [1.29, 1.82) is 0 Å². The highest BCUT2D eigenvalue weighted by molar-refractivity contribution is 5.85. The molecule has 1 amide bonds. The van der Waals surface area contributed by atoms with Gasteiger partial charge >= 0.3 is 0 Å². The minimum absolute atomic E-state index is 0.00964. The number of ether oxygens (including phenoxy) is 2. The highest BCUT2D eigenvalue weighted by Crippen LogP contribution is 2.29. The van der Waals surface area contributed by atoms with Crippen molar-refractivity contribution in [3.63, 3.8) is 0 Å². The normalized spacial score (nSPS) is 14.1. The lowest BCUT2D eigenvalue weighted by atomic mass is 10.1. The maximum absolute atomic E-state index is 11.8. The quantitative estimate of drug-likeness (QED) is 0.444. The summed E-state index contributed by atoms with van der Waals surface area (Å²) >= 11 is 0. The third-order valence-corrected chi connectivity index (χ3v) is 4.06. The number of carbonyl (C=O) groups excluding carboxylic acids is 1. The number of anilines is 1. The molecule has 0 radical (unpaired) electrons. The van der Waals surface area contributed by atoms with Crippen LogP contribution in [0.25, 0.3) is 0 Å². The van der Waals surface area contributed by atoms with Gasteiger partial charge < -0.3 is 14.4 Å². The predicted molar refractivity (Wildman–Crippen MR) is 104 cm³/mol. The van der Waals surface area contributed by atoms with Crippen LogP contribution in [0.1, 0.15) is 5.56 Å². The Hall–Kier alpha value is -3.46. The average molecular weight is 384 g/mol. The van der Waals surface area contributed by atoms with Crippen LogP contribution >= 0.6 is 0 Å². The van der Waals surface area contributed by atoms with Crippen molar-refractivity contribution in [3.05, 3.63) is 64.2 Å². The average Bonchev–Trinajstić information content (AvgIpc) is 2.73. The van der Waals surface area contributed by atoms with Crippen LogP contribution in [0.5, 0.6) is 5.75 Å². The second-order valence-electron chi connectivity index (χ2n) is 6.00. The van der Waals surface area contributed by atoms with Crippen molar-refractivity contribution in [2.75, 3.05) is 37.8 Å². The zero-order chi connectivity index (χ0) is 19.8. The van der Waals surface area contributed by atoms with Crippen molar-refractivity contribution in [1.82, 2.24) is 5.43 Å². The summed E-state index contributed by atoms with van der Waals surface area (Å²) in [4.78, 5) is 24.7. The van der Waals surface area contributed by atoms with E-state index in [-0.39, 0.29) is 12.3 Å². The maximum Gasteiger partial charge on any atom is 0.293 e. The largest absolute Gasteiger partial charge is 0.484 e. The molecule has 0 atom stereocenters. The Kier molecular flexibility index (Phi) is 6.53. The first kappa shape index (κ1) is 19.3. The van der Waals surface area contributed by atoms with Crippen molar-refractivity contribution < 1.29 is 19.2 Å². The van der Waals surface area contributed by atoms with Crippen LogP contribution in [-0.4, -0.2) is 50.0 Å². The molecule has 1 heterocycles. The summed E-state index contributed by atoms with van der Waals surface area (Å²) in [7, 11) is 0. The van der Waals surface area contributed by atoms with Gasteiger partial charge in [-0.3, -0.25) is 14.9 Å². The van der Waals surface area contributed by atoms with E-state index in [4.69, 9.17) is 9.47 Å². The van der Waals surface area contributed by atoms with Gasteiger partial charge in [0.05, 0.1) is 24.4 Å². The molecule has 1 aliphatic heterocycles. The standard InChI is InChI=1S/C19H20N4O5/c24-19(14-28-16-4-2-1-3-5-16)21-20-13-15-6-7-17(18(12-15)23(25)26)22-8-10-27-11-9-22/h1-7,12-13H,8-11,14H2,(H,21,24)/b20-13-. The van der Waals surface area contributed by atoms with Crippen LogP contribution in [0.3, 0.4) is 0 Å². The number of nitrogens with zero attached hydrogens (tertiary/aromatic N) is 3. The summed E-state index contributed by atoms with van der Waals surface area (Å²) in [5.41, 5.74) is 3.38. The molecule has 9 nitrogen and oxygen atoms in total. The van der Waals surface area contributed by atoms with E-state index in [1.165, 1.54) is 12.3 Å². The summed E-state index contributed by atoms with van der Waals surface area (Å²) in [6.45, 7) is 2.10. The summed E-state index contributed by atoms with van der Waals surface area (Å²) in [5, 5.41) is 15.3. The van der Waals surface area contributed by atoms with Crippen LogP contribution in [0.2, 0.25) is 0 Å². The molecule has 1 aliphatic rings. The second kappa shape index (κ2) is 9.47. The molecule has 0 unspecified atom stereocenters. The Balaban J connectivity index is 1.59. The fourth-order valence-electron chi connectivity index (χ4n) is 2.72. The molecule has 0 saturated carbocycles. The monoisotopic (exact) mass is 384 g/mol. The van der Waals surface area contributed by atoms with E-state index in [1.807, 2.05) is 11.0 Å². The molecule has 3 rings (SSSR count). The second-order valence-corrected chi connectivity index (χ2v) is 6.00. The third kappa shape index (κ3) is 5.27. The number of nitro benzene ring substituents is 1. The Labute approximate surface area is 161 Å². The number of hydrazone groups is 1. The first-order valence-electron chi connectivity index (χ1n) is 8.74. The fourth-order valence-corrected chi connectivity index (χ4v) is 2.72. The number of nitrogens with one attached hydrogen (secondary N) is 1. The Morgan fingerprint density at radius 2 is 2.00 bits per heavy atom. The maximum atomic E-state index is 11.8. The molecule has 28 heavy (non-hydrogen) atoms. The van der Waals surface area contributed by atoms with Gasteiger partial charge in [-0.15, -0.1) is 0 Å². The van der Waals surface area contributed by atoms with E-state index in [0.29, 0.717) is 43.3 Å². The molecule has 146 valence electrons. The van der Waals surface area contributed by atoms with Crippen LogP contribution in [-0.2, 0) is 9.53 Å². The number of carbonyl (C=O) groups is 1. The molecular formula is C19H20N4O5. The molecular weight excluding hydrogens is 364 g/mol. The lowest BCUT2D eigenvalue weighted by molar-refractivity contribution is -0.384. The van der Waals surface area contributed by atoms with Crippen molar-refractivity contribution >= 4 is 23.5 Å². The molecule has 0 spiro atoms. The van der Waals surface area contributed by atoms with E-state index >= 15 is 0 Å². The Morgan fingerprint density at radius 1 is 1.25 bits per heavy atom. The van der Waals surface area contributed by atoms with Gasteiger partial charge in [-0.2, -0.15) is 5.10 Å². The van der Waals surface area contributed by atoms with Gasteiger partial charge in [-0.05, 0) is 18.2 Å². The molecule has 2 aromatic carbocycles. The van der Waals surface area contributed by atoms with Crippen molar-refractivity contribution in [3.8, 4) is 5.75 Å². The summed E-state index contributed by atoms with van der Waals surface area (Å²) in [6, 6.07) is 13.8. The Morgan fingerprint density at radius 3 is 2.71 bits per heavy atom. The topological polar surface area (TPSA) is 106 Å². The summed E-state index contributed by atoms with van der Waals surface area (Å²) in [6.07, 6.45) is 1.36. The van der Waals surface area contributed by atoms with Crippen LogP contribution in [0.15, 0.2) is 53.6 Å². The number of nitro groups is 1. The predicted octanol–water partition coefficient (Wildman–Crippen LogP) is 1.96. The lowest BCUT2D eigenvalue weighted by Gasteiger charge is -2.28. The van der Waals surface area contributed by atoms with E-state index in [1.54, 1.807) is 36.4 Å². The van der Waals surface area contributed by atoms with Crippen LogP contribution < -0.4 is 15.1 Å². The van der Waals surface area contributed by atoms with E-state index in [9.17, 15) is 14.9 Å². The van der Waals surface area contributed by atoms with Crippen LogP contribution in [0.4, 0.5) is 11.4 Å². The van der Waals surface area contributed by atoms with E-state index in [0.717, 1.165) is 0 Å².